The number of halogens is 1. The lowest BCUT2D eigenvalue weighted by atomic mass is 9.94. The smallest absolute Gasteiger partial charge is 0.227 e. The van der Waals surface area contributed by atoms with Gasteiger partial charge in [0.15, 0.2) is 0 Å². The standard InChI is InChI=1S/C17H22BrN3O2/c1-11-9-19-7-6-14(11)20-17(23)12-8-16(22)21(10-12)15-5-3-2-4-13(15)18/h2-5,11-12,14,19H,6-10H2,1H3,(H,20,23). The van der Waals surface area contributed by atoms with Gasteiger partial charge >= 0.3 is 0 Å². The Morgan fingerprint density at radius 2 is 2.17 bits per heavy atom. The molecule has 23 heavy (non-hydrogen) atoms. The van der Waals surface area contributed by atoms with Crippen LogP contribution in [0.15, 0.2) is 28.7 Å². The van der Waals surface area contributed by atoms with Gasteiger partial charge in [0.2, 0.25) is 11.8 Å². The summed E-state index contributed by atoms with van der Waals surface area (Å²) in [6.45, 7) is 4.45. The van der Waals surface area contributed by atoms with E-state index < -0.39 is 0 Å². The van der Waals surface area contributed by atoms with Crippen LogP contribution in [0.25, 0.3) is 0 Å². The molecule has 5 nitrogen and oxygen atoms in total. The van der Waals surface area contributed by atoms with E-state index in [1.807, 2.05) is 24.3 Å². The summed E-state index contributed by atoms with van der Waals surface area (Å²) in [6.07, 6.45) is 1.23. The van der Waals surface area contributed by atoms with Gasteiger partial charge in [0, 0.05) is 23.5 Å². The number of piperidine rings is 1. The maximum absolute atomic E-state index is 12.5. The van der Waals surface area contributed by atoms with Crippen molar-refractivity contribution < 1.29 is 9.59 Å². The van der Waals surface area contributed by atoms with Gasteiger partial charge < -0.3 is 15.5 Å². The van der Waals surface area contributed by atoms with Crippen LogP contribution < -0.4 is 15.5 Å². The minimum absolute atomic E-state index is 0.00616. The third kappa shape index (κ3) is 3.58. The molecule has 0 radical (unpaired) electrons. The maximum atomic E-state index is 12.5. The second kappa shape index (κ2) is 7.01. The van der Waals surface area contributed by atoms with E-state index in [4.69, 9.17) is 0 Å². The number of para-hydroxylation sites is 1. The topological polar surface area (TPSA) is 61.4 Å². The number of carbonyl (C=O) groups excluding carboxylic acids is 2. The molecule has 124 valence electrons. The predicted octanol–water partition coefficient (Wildman–Crippen LogP) is 1.92. The largest absolute Gasteiger partial charge is 0.353 e. The SMILES string of the molecule is CC1CNCCC1NC(=O)C1CC(=O)N(c2ccccc2Br)C1. The molecular formula is C17H22BrN3O2. The van der Waals surface area contributed by atoms with Crippen molar-refractivity contribution in [1.82, 2.24) is 10.6 Å². The van der Waals surface area contributed by atoms with E-state index in [1.54, 1.807) is 4.90 Å². The second-order valence-electron chi connectivity index (χ2n) is 6.44. The van der Waals surface area contributed by atoms with Crippen molar-refractivity contribution in [2.45, 2.75) is 25.8 Å². The van der Waals surface area contributed by atoms with Gasteiger partial charge in [-0.1, -0.05) is 19.1 Å². The molecule has 0 aliphatic carbocycles. The molecule has 2 aliphatic rings. The molecule has 3 unspecified atom stereocenters. The van der Waals surface area contributed by atoms with E-state index in [0.29, 0.717) is 12.5 Å². The lowest BCUT2D eigenvalue weighted by molar-refractivity contribution is -0.127. The van der Waals surface area contributed by atoms with E-state index in [1.165, 1.54) is 0 Å². The van der Waals surface area contributed by atoms with Gasteiger partial charge in [0.1, 0.15) is 0 Å². The van der Waals surface area contributed by atoms with Crippen LogP contribution >= 0.6 is 15.9 Å². The highest BCUT2D eigenvalue weighted by atomic mass is 79.9. The van der Waals surface area contributed by atoms with Crippen LogP contribution in [0, 0.1) is 11.8 Å². The summed E-state index contributed by atoms with van der Waals surface area (Å²) >= 11 is 3.48. The molecule has 2 heterocycles. The zero-order valence-corrected chi connectivity index (χ0v) is 14.8. The van der Waals surface area contributed by atoms with E-state index in [0.717, 1.165) is 29.7 Å². The molecule has 0 bridgehead atoms. The zero-order chi connectivity index (χ0) is 16.4. The number of carbonyl (C=O) groups is 2. The van der Waals surface area contributed by atoms with Crippen molar-refractivity contribution in [3.8, 4) is 0 Å². The normalized spacial score (nSPS) is 28.0. The average molecular weight is 380 g/mol. The van der Waals surface area contributed by atoms with Crippen molar-refractivity contribution in [2.75, 3.05) is 24.5 Å². The van der Waals surface area contributed by atoms with E-state index in [9.17, 15) is 9.59 Å². The van der Waals surface area contributed by atoms with Crippen molar-refractivity contribution in [3.05, 3.63) is 28.7 Å². The quantitative estimate of drug-likeness (QED) is 0.843. The number of nitrogens with zero attached hydrogens (tertiary/aromatic N) is 1. The first-order chi connectivity index (χ1) is 11.1. The van der Waals surface area contributed by atoms with Gasteiger partial charge in [0.25, 0.3) is 0 Å². The van der Waals surface area contributed by atoms with E-state index in [-0.39, 0.29) is 30.2 Å². The van der Waals surface area contributed by atoms with Gasteiger partial charge in [-0.2, -0.15) is 0 Å². The first-order valence-corrected chi connectivity index (χ1v) is 8.91. The molecule has 0 spiro atoms. The fourth-order valence-electron chi connectivity index (χ4n) is 3.32. The lowest BCUT2D eigenvalue weighted by Crippen LogP contribution is -2.50. The van der Waals surface area contributed by atoms with Crippen LogP contribution in [0.4, 0.5) is 5.69 Å². The van der Waals surface area contributed by atoms with Crippen LogP contribution in [-0.4, -0.2) is 37.5 Å². The Balaban J connectivity index is 1.65. The molecule has 2 N–H and O–H groups in total. The third-order valence-corrected chi connectivity index (χ3v) is 5.42. The summed E-state index contributed by atoms with van der Waals surface area (Å²) in [6, 6.07) is 7.83. The summed E-state index contributed by atoms with van der Waals surface area (Å²) < 4.78 is 0.876. The number of amides is 2. The number of rotatable bonds is 3. The highest BCUT2D eigenvalue weighted by molar-refractivity contribution is 9.10. The molecule has 2 fully saturated rings. The lowest BCUT2D eigenvalue weighted by Gasteiger charge is -2.31. The molecule has 2 amide bonds. The Hall–Kier alpha value is -1.40. The van der Waals surface area contributed by atoms with Crippen LogP contribution in [0.2, 0.25) is 0 Å². The molecule has 1 aromatic carbocycles. The summed E-state index contributed by atoms with van der Waals surface area (Å²) in [7, 11) is 0. The Labute approximate surface area is 144 Å². The highest BCUT2D eigenvalue weighted by Crippen LogP contribution is 2.31. The molecule has 6 heteroatoms. The van der Waals surface area contributed by atoms with Crippen LogP contribution in [0.1, 0.15) is 19.8 Å². The molecule has 1 aromatic rings. The van der Waals surface area contributed by atoms with Gasteiger partial charge in [0.05, 0.1) is 11.6 Å². The van der Waals surface area contributed by atoms with Gasteiger partial charge in [-0.25, -0.2) is 0 Å². The first-order valence-electron chi connectivity index (χ1n) is 8.12. The van der Waals surface area contributed by atoms with Crippen molar-refractivity contribution in [2.24, 2.45) is 11.8 Å². The number of nitrogens with one attached hydrogen (secondary N) is 2. The maximum Gasteiger partial charge on any atom is 0.227 e. The minimum Gasteiger partial charge on any atom is -0.353 e. The molecule has 3 rings (SSSR count). The molecular weight excluding hydrogens is 358 g/mol. The molecule has 0 aromatic heterocycles. The van der Waals surface area contributed by atoms with Crippen LogP contribution in [-0.2, 0) is 9.59 Å². The first kappa shape index (κ1) is 16.5. The Morgan fingerprint density at radius 1 is 1.39 bits per heavy atom. The van der Waals surface area contributed by atoms with E-state index >= 15 is 0 Å². The molecule has 3 atom stereocenters. The van der Waals surface area contributed by atoms with Crippen molar-refractivity contribution in [3.63, 3.8) is 0 Å². The zero-order valence-electron chi connectivity index (χ0n) is 13.2. The number of hydrogen-bond donors (Lipinski definition) is 2. The molecule has 2 aliphatic heterocycles. The van der Waals surface area contributed by atoms with Crippen LogP contribution in [0.5, 0.6) is 0 Å². The van der Waals surface area contributed by atoms with Crippen molar-refractivity contribution in [1.29, 1.82) is 0 Å². The number of benzene rings is 1. The molecule has 0 saturated carbocycles. The second-order valence-corrected chi connectivity index (χ2v) is 7.30. The highest BCUT2D eigenvalue weighted by Gasteiger charge is 2.37. The van der Waals surface area contributed by atoms with Gasteiger partial charge in [-0.15, -0.1) is 0 Å². The van der Waals surface area contributed by atoms with Crippen LogP contribution in [0.3, 0.4) is 0 Å². The Kier molecular flexibility index (Phi) is 5.02. The van der Waals surface area contributed by atoms with Gasteiger partial charge in [-0.05, 0) is 53.5 Å². The minimum atomic E-state index is -0.267. The summed E-state index contributed by atoms with van der Waals surface area (Å²) in [4.78, 5) is 26.6. The summed E-state index contributed by atoms with van der Waals surface area (Å²) in [5.41, 5.74) is 0.836. The monoisotopic (exact) mass is 379 g/mol. The average Bonchev–Trinajstić information content (AvgIpc) is 2.92. The fraction of sp³-hybridized carbons (Fsp3) is 0.529. The Bertz CT molecular complexity index is 607. The van der Waals surface area contributed by atoms with E-state index in [2.05, 4.69) is 33.5 Å². The van der Waals surface area contributed by atoms with Crippen molar-refractivity contribution >= 4 is 33.4 Å². The Morgan fingerprint density at radius 3 is 2.91 bits per heavy atom. The van der Waals surface area contributed by atoms with Gasteiger partial charge in [-0.3, -0.25) is 9.59 Å². The number of hydrogen-bond acceptors (Lipinski definition) is 3. The summed E-state index contributed by atoms with van der Waals surface area (Å²) in [5.74, 6) is 0.169. The number of anilines is 1. The predicted molar refractivity (Wildman–Crippen MR) is 93.2 cm³/mol. The third-order valence-electron chi connectivity index (χ3n) is 4.75. The summed E-state index contributed by atoms with van der Waals surface area (Å²) in [5, 5.41) is 6.48. The molecule has 2 saturated heterocycles. The fourth-order valence-corrected chi connectivity index (χ4v) is 3.81.